The van der Waals surface area contributed by atoms with Gasteiger partial charge >= 0.3 is 0 Å². The lowest BCUT2D eigenvalue weighted by Gasteiger charge is -2.11. The summed E-state index contributed by atoms with van der Waals surface area (Å²) in [6.45, 7) is 4.08. The van der Waals surface area contributed by atoms with Gasteiger partial charge in [-0.3, -0.25) is 4.79 Å². The van der Waals surface area contributed by atoms with E-state index < -0.39 is 0 Å². The summed E-state index contributed by atoms with van der Waals surface area (Å²) >= 11 is 0. The van der Waals surface area contributed by atoms with E-state index in [0.29, 0.717) is 28.0 Å². The highest BCUT2D eigenvalue weighted by Gasteiger charge is 2.19. The van der Waals surface area contributed by atoms with E-state index in [0.717, 1.165) is 16.8 Å². The molecule has 3 aromatic heterocycles. The zero-order valence-electron chi connectivity index (χ0n) is 17.7. The minimum absolute atomic E-state index is 0.116. The number of benzene rings is 2. The number of carbonyl (C=O) groups excluding carboxylic acids is 1. The molecule has 3 heterocycles. The number of rotatable bonds is 5. The summed E-state index contributed by atoms with van der Waals surface area (Å²) in [6, 6.07) is 19.2. The molecular weight excluding hydrogens is 402 g/mol. The number of anilines is 1. The summed E-state index contributed by atoms with van der Waals surface area (Å²) in [5, 5.41) is 8.18. The molecule has 0 saturated carbocycles. The number of hydrogen-bond acceptors (Lipinski definition) is 5. The lowest BCUT2D eigenvalue weighted by Crippen LogP contribution is -2.13. The van der Waals surface area contributed by atoms with Crippen molar-refractivity contribution in [3.05, 3.63) is 85.0 Å². The number of hydrogen-bond donors (Lipinski definition) is 1. The normalized spacial score (nSPS) is 11.2. The molecule has 0 spiro atoms. The Morgan fingerprint density at radius 2 is 1.78 bits per heavy atom. The van der Waals surface area contributed by atoms with Crippen molar-refractivity contribution in [3.63, 3.8) is 0 Å². The molecule has 1 N–H and O–H groups in total. The summed E-state index contributed by atoms with van der Waals surface area (Å²) in [7, 11) is 0. The highest BCUT2D eigenvalue weighted by Crippen LogP contribution is 2.27. The zero-order chi connectivity index (χ0) is 22.1. The van der Waals surface area contributed by atoms with E-state index in [9.17, 15) is 4.79 Å². The van der Waals surface area contributed by atoms with Crippen molar-refractivity contribution < 1.29 is 9.21 Å². The molecule has 7 nitrogen and oxygen atoms in total. The van der Waals surface area contributed by atoms with Crippen LogP contribution in [0.1, 0.15) is 30.2 Å². The van der Waals surface area contributed by atoms with Crippen LogP contribution in [0.3, 0.4) is 0 Å². The molecule has 0 aliphatic carbocycles. The number of oxazole rings is 1. The first-order valence-corrected chi connectivity index (χ1v) is 10.3. The molecule has 5 aromatic rings. The molecular formula is C25H21N5O2. The summed E-state index contributed by atoms with van der Waals surface area (Å²) in [4.78, 5) is 22.1. The smallest absolute Gasteiger partial charge is 0.256 e. The third kappa shape index (κ3) is 3.65. The predicted octanol–water partition coefficient (Wildman–Crippen LogP) is 5.59. The van der Waals surface area contributed by atoms with Crippen molar-refractivity contribution >= 4 is 22.6 Å². The minimum Gasteiger partial charge on any atom is -0.444 e. The van der Waals surface area contributed by atoms with Crippen molar-refractivity contribution in [2.45, 2.75) is 19.9 Å². The molecule has 0 radical (unpaired) electrons. The highest BCUT2D eigenvalue weighted by molar-refractivity contribution is 6.12. The maximum absolute atomic E-state index is 13.3. The van der Waals surface area contributed by atoms with Gasteiger partial charge in [-0.15, -0.1) is 0 Å². The van der Waals surface area contributed by atoms with Crippen LogP contribution in [0.5, 0.6) is 0 Å². The topological polar surface area (TPSA) is 85.8 Å². The largest absolute Gasteiger partial charge is 0.444 e. The van der Waals surface area contributed by atoms with Gasteiger partial charge in [0.25, 0.3) is 5.91 Å². The molecule has 0 aliphatic rings. The summed E-state index contributed by atoms with van der Waals surface area (Å²) < 4.78 is 7.16. The lowest BCUT2D eigenvalue weighted by atomic mass is 10.1. The van der Waals surface area contributed by atoms with E-state index in [1.165, 1.54) is 6.39 Å². The molecule has 7 heteroatoms. The number of pyridine rings is 1. The Morgan fingerprint density at radius 1 is 1.00 bits per heavy atom. The van der Waals surface area contributed by atoms with Gasteiger partial charge in [0.1, 0.15) is 0 Å². The number of fused-ring (bicyclic) bond motifs is 1. The molecule has 0 bridgehead atoms. The molecule has 158 valence electrons. The third-order valence-electron chi connectivity index (χ3n) is 5.23. The molecule has 0 atom stereocenters. The molecule has 0 fully saturated rings. The Labute approximate surface area is 184 Å². The van der Waals surface area contributed by atoms with E-state index in [1.54, 1.807) is 12.4 Å². The second kappa shape index (κ2) is 8.11. The van der Waals surface area contributed by atoms with E-state index in [2.05, 4.69) is 15.4 Å². The quantitative estimate of drug-likeness (QED) is 0.398. The Balaban J connectivity index is 1.53. The first kappa shape index (κ1) is 19.7. The summed E-state index contributed by atoms with van der Waals surface area (Å²) in [6.07, 6.45) is 4.75. The predicted molar refractivity (Wildman–Crippen MR) is 123 cm³/mol. The summed E-state index contributed by atoms with van der Waals surface area (Å²) in [5.74, 6) is 0.456. The maximum Gasteiger partial charge on any atom is 0.256 e. The third-order valence-corrected chi connectivity index (χ3v) is 5.23. The van der Waals surface area contributed by atoms with Gasteiger partial charge in [-0.25, -0.2) is 14.6 Å². The lowest BCUT2D eigenvalue weighted by molar-refractivity contribution is 0.102. The van der Waals surface area contributed by atoms with Gasteiger partial charge in [-0.1, -0.05) is 30.3 Å². The Hall–Kier alpha value is -4.26. The number of carbonyl (C=O) groups is 1. The number of nitrogens with zero attached hydrogens (tertiary/aromatic N) is 4. The van der Waals surface area contributed by atoms with Gasteiger partial charge in [0.15, 0.2) is 17.8 Å². The fourth-order valence-electron chi connectivity index (χ4n) is 3.62. The van der Waals surface area contributed by atoms with Crippen LogP contribution in [0.2, 0.25) is 0 Å². The van der Waals surface area contributed by atoms with Crippen molar-refractivity contribution in [3.8, 4) is 22.6 Å². The van der Waals surface area contributed by atoms with Crippen LogP contribution in [0, 0.1) is 0 Å². The van der Waals surface area contributed by atoms with Gasteiger partial charge in [-0.2, -0.15) is 5.10 Å². The Kier molecular flexibility index (Phi) is 4.99. The van der Waals surface area contributed by atoms with Gasteiger partial charge in [0.2, 0.25) is 0 Å². The van der Waals surface area contributed by atoms with Crippen LogP contribution in [0.15, 0.2) is 83.9 Å². The van der Waals surface area contributed by atoms with Crippen LogP contribution >= 0.6 is 0 Å². The molecule has 2 aromatic carbocycles. The Bertz CT molecular complexity index is 1370. The van der Waals surface area contributed by atoms with Crippen LogP contribution in [-0.2, 0) is 0 Å². The molecule has 0 saturated heterocycles. The van der Waals surface area contributed by atoms with Crippen LogP contribution in [0.25, 0.3) is 33.6 Å². The average molecular weight is 423 g/mol. The zero-order valence-corrected chi connectivity index (χ0v) is 17.7. The molecule has 1 amide bonds. The molecule has 0 aliphatic heterocycles. The first-order valence-electron chi connectivity index (χ1n) is 10.3. The Morgan fingerprint density at radius 3 is 2.47 bits per heavy atom. The highest BCUT2D eigenvalue weighted by atomic mass is 16.3. The number of nitrogens with one attached hydrogen (secondary N) is 1. The van der Waals surface area contributed by atoms with Crippen molar-refractivity contribution in [1.29, 1.82) is 0 Å². The molecule has 5 rings (SSSR count). The van der Waals surface area contributed by atoms with Gasteiger partial charge in [0, 0.05) is 22.9 Å². The monoisotopic (exact) mass is 423 g/mol. The van der Waals surface area contributed by atoms with Crippen molar-refractivity contribution in [2.75, 3.05) is 5.32 Å². The average Bonchev–Trinajstić information content (AvgIpc) is 3.50. The van der Waals surface area contributed by atoms with Crippen molar-refractivity contribution in [2.24, 2.45) is 0 Å². The van der Waals surface area contributed by atoms with Crippen LogP contribution in [0.4, 0.5) is 5.69 Å². The van der Waals surface area contributed by atoms with E-state index in [-0.39, 0.29) is 11.9 Å². The standard InChI is InChI=1S/C25H21N5O2/c1-16(2)30-24-21(13-27-30)20(12-22(29-24)17-6-4-3-5-7-17)25(31)28-19-10-8-18(9-11-19)23-14-26-15-32-23/h3-16H,1-2H3,(H,28,31). The van der Waals surface area contributed by atoms with E-state index in [1.807, 2.05) is 79.2 Å². The van der Waals surface area contributed by atoms with Crippen molar-refractivity contribution in [1.82, 2.24) is 19.7 Å². The first-order chi connectivity index (χ1) is 15.6. The van der Waals surface area contributed by atoms with E-state index in [4.69, 9.17) is 9.40 Å². The number of aromatic nitrogens is 4. The molecule has 32 heavy (non-hydrogen) atoms. The number of amides is 1. The maximum atomic E-state index is 13.3. The van der Waals surface area contributed by atoms with Gasteiger partial charge in [-0.05, 0) is 44.2 Å². The van der Waals surface area contributed by atoms with Gasteiger partial charge in [0.05, 0.1) is 29.0 Å². The fourth-order valence-corrected chi connectivity index (χ4v) is 3.62. The van der Waals surface area contributed by atoms with Crippen LogP contribution in [-0.4, -0.2) is 25.7 Å². The van der Waals surface area contributed by atoms with Gasteiger partial charge < -0.3 is 9.73 Å². The van der Waals surface area contributed by atoms with Crippen LogP contribution < -0.4 is 5.32 Å². The second-order valence-electron chi connectivity index (χ2n) is 7.74. The fraction of sp³-hybridized carbons (Fsp3) is 0.120. The minimum atomic E-state index is -0.217. The second-order valence-corrected chi connectivity index (χ2v) is 7.74. The molecule has 0 unspecified atom stereocenters. The van der Waals surface area contributed by atoms with E-state index >= 15 is 0 Å². The SMILES string of the molecule is CC(C)n1ncc2c(C(=O)Nc3ccc(-c4cnco4)cc3)cc(-c3ccccc3)nc21. The summed E-state index contributed by atoms with van der Waals surface area (Å²) in [5.41, 5.74) is 4.45.